The highest BCUT2D eigenvalue weighted by Crippen LogP contribution is 2.31. The number of carbonyl (C=O) groups is 1. The molecule has 0 aliphatic rings. The highest BCUT2D eigenvalue weighted by Gasteiger charge is 2.16. The molecule has 0 bridgehead atoms. The molecule has 0 saturated carbocycles. The molecule has 3 aromatic carbocycles. The van der Waals surface area contributed by atoms with Crippen molar-refractivity contribution in [3.8, 4) is 22.9 Å². The van der Waals surface area contributed by atoms with Crippen LogP contribution in [0.1, 0.15) is 15.9 Å². The van der Waals surface area contributed by atoms with Crippen molar-refractivity contribution in [3.05, 3.63) is 76.8 Å². The number of methoxy groups -OCH3 is 3. The molecule has 0 N–H and O–H groups in total. The number of aromatic nitrogens is 2. The highest BCUT2D eigenvalue weighted by molar-refractivity contribution is 6.30. The standard InChI is InChI=1S/C24H21ClN2O4/c1-29-21-11-4-15(12-22(21)30-2)14-27-20-10-7-17(24(28)31-3)13-19(20)26-23(27)16-5-8-18(25)9-6-16/h4-13H,14H2,1-3H3. The summed E-state index contributed by atoms with van der Waals surface area (Å²) in [6.07, 6.45) is 0. The Morgan fingerprint density at radius 2 is 1.68 bits per heavy atom. The Labute approximate surface area is 184 Å². The smallest absolute Gasteiger partial charge is 0.337 e. The second kappa shape index (κ2) is 8.70. The lowest BCUT2D eigenvalue weighted by atomic mass is 10.1. The molecule has 0 spiro atoms. The summed E-state index contributed by atoms with van der Waals surface area (Å²) in [5.41, 5.74) is 3.99. The lowest BCUT2D eigenvalue weighted by Gasteiger charge is -2.13. The molecular formula is C24H21ClN2O4. The van der Waals surface area contributed by atoms with Gasteiger partial charge in [-0.1, -0.05) is 17.7 Å². The first-order chi connectivity index (χ1) is 15.0. The number of nitrogens with zero attached hydrogens (tertiary/aromatic N) is 2. The molecule has 0 saturated heterocycles. The van der Waals surface area contributed by atoms with Crippen LogP contribution < -0.4 is 9.47 Å². The Bertz CT molecular complexity index is 1250. The number of rotatable bonds is 6. The second-order valence-corrected chi connectivity index (χ2v) is 7.35. The molecule has 7 heteroatoms. The summed E-state index contributed by atoms with van der Waals surface area (Å²) in [6.45, 7) is 0.548. The SMILES string of the molecule is COC(=O)c1ccc2c(c1)nc(-c1ccc(Cl)cc1)n2Cc1ccc(OC)c(OC)c1. The van der Waals surface area contributed by atoms with Gasteiger partial charge in [0, 0.05) is 17.1 Å². The minimum absolute atomic E-state index is 0.399. The van der Waals surface area contributed by atoms with Gasteiger partial charge >= 0.3 is 5.97 Å². The average Bonchev–Trinajstić information content (AvgIpc) is 3.16. The van der Waals surface area contributed by atoms with Gasteiger partial charge in [0.1, 0.15) is 5.82 Å². The van der Waals surface area contributed by atoms with Gasteiger partial charge in [-0.2, -0.15) is 0 Å². The molecule has 1 heterocycles. The van der Waals surface area contributed by atoms with Crippen LogP contribution in [0.3, 0.4) is 0 Å². The second-order valence-electron chi connectivity index (χ2n) is 6.91. The number of carbonyl (C=O) groups excluding carboxylic acids is 1. The normalized spacial score (nSPS) is 10.8. The van der Waals surface area contributed by atoms with Gasteiger partial charge in [0.15, 0.2) is 11.5 Å². The molecule has 0 amide bonds. The van der Waals surface area contributed by atoms with E-state index in [1.165, 1.54) is 7.11 Å². The number of fused-ring (bicyclic) bond motifs is 1. The van der Waals surface area contributed by atoms with Crippen molar-refractivity contribution in [1.82, 2.24) is 9.55 Å². The van der Waals surface area contributed by atoms with E-state index in [1.54, 1.807) is 26.4 Å². The van der Waals surface area contributed by atoms with Gasteiger partial charge in [-0.15, -0.1) is 0 Å². The van der Waals surface area contributed by atoms with Crippen molar-refractivity contribution in [2.75, 3.05) is 21.3 Å². The lowest BCUT2D eigenvalue weighted by Crippen LogP contribution is -2.04. The Hall–Kier alpha value is -3.51. The van der Waals surface area contributed by atoms with Crippen molar-refractivity contribution < 1.29 is 19.0 Å². The van der Waals surface area contributed by atoms with E-state index in [1.807, 2.05) is 48.5 Å². The van der Waals surface area contributed by atoms with Crippen LogP contribution in [0.15, 0.2) is 60.7 Å². The Kier molecular flexibility index (Phi) is 5.82. The summed E-state index contributed by atoms with van der Waals surface area (Å²) in [6, 6.07) is 18.7. The van der Waals surface area contributed by atoms with Crippen LogP contribution in [-0.4, -0.2) is 36.8 Å². The van der Waals surface area contributed by atoms with E-state index in [4.69, 9.17) is 30.8 Å². The van der Waals surface area contributed by atoms with Crippen molar-refractivity contribution >= 4 is 28.6 Å². The van der Waals surface area contributed by atoms with Crippen molar-refractivity contribution in [2.24, 2.45) is 0 Å². The first kappa shape index (κ1) is 20.8. The monoisotopic (exact) mass is 436 g/mol. The summed E-state index contributed by atoms with van der Waals surface area (Å²) < 4.78 is 17.7. The van der Waals surface area contributed by atoms with Crippen LogP contribution in [0.25, 0.3) is 22.4 Å². The van der Waals surface area contributed by atoms with E-state index in [0.29, 0.717) is 34.1 Å². The third-order valence-corrected chi connectivity index (χ3v) is 5.31. The summed E-state index contributed by atoms with van der Waals surface area (Å²) >= 11 is 6.08. The van der Waals surface area contributed by atoms with Gasteiger partial charge in [-0.25, -0.2) is 9.78 Å². The van der Waals surface area contributed by atoms with Crippen LogP contribution >= 0.6 is 11.6 Å². The largest absolute Gasteiger partial charge is 0.493 e. The molecule has 158 valence electrons. The van der Waals surface area contributed by atoms with Gasteiger partial charge in [-0.05, 0) is 60.2 Å². The summed E-state index contributed by atoms with van der Waals surface area (Å²) in [5, 5.41) is 0.652. The van der Waals surface area contributed by atoms with Gasteiger partial charge < -0.3 is 18.8 Å². The minimum atomic E-state index is -0.399. The maximum Gasteiger partial charge on any atom is 0.337 e. The number of imidazole rings is 1. The van der Waals surface area contributed by atoms with Crippen molar-refractivity contribution in [1.29, 1.82) is 0 Å². The third kappa shape index (κ3) is 4.07. The maximum absolute atomic E-state index is 12.0. The minimum Gasteiger partial charge on any atom is -0.493 e. The van der Waals surface area contributed by atoms with Gasteiger partial charge in [0.2, 0.25) is 0 Å². The number of halogens is 1. The van der Waals surface area contributed by atoms with E-state index in [0.717, 1.165) is 22.5 Å². The molecule has 0 aliphatic carbocycles. The molecule has 0 aliphatic heterocycles. The predicted octanol–water partition coefficient (Wildman–Crippen LogP) is 5.21. The summed E-state index contributed by atoms with van der Waals surface area (Å²) in [4.78, 5) is 16.8. The van der Waals surface area contributed by atoms with Crippen molar-refractivity contribution in [2.45, 2.75) is 6.54 Å². The van der Waals surface area contributed by atoms with Crippen LogP contribution in [0.4, 0.5) is 0 Å². The molecule has 6 nitrogen and oxygen atoms in total. The molecule has 0 fully saturated rings. The van der Waals surface area contributed by atoms with Gasteiger partial charge in [0.25, 0.3) is 0 Å². The summed E-state index contributed by atoms with van der Waals surface area (Å²) in [7, 11) is 4.58. The Balaban J connectivity index is 1.86. The van der Waals surface area contributed by atoms with E-state index in [-0.39, 0.29) is 0 Å². The zero-order chi connectivity index (χ0) is 22.0. The van der Waals surface area contributed by atoms with E-state index in [2.05, 4.69) is 4.57 Å². The quantitative estimate of drug-likeness (QED) is 0.388. The fraction of sp³-hybridized carbons (Fsp3) is 0.167. The zero-order valence-electron chi connectivity index (χ0n) is 17.4. The van der Waals surface area contributed by atoms with Crippen LogP contribution in [0.2, 0.25) is 5.02 Å². The number of benzene rings is 3. The van der Waals surface area contributed by atoms with Crippen LogP contribution in [-0.2, 0) is 11.3 Å². The molecular weight excluding hydrogens is 416 g/mol. The molecule has 1 aromatic heterocycles. The van der Waals surface area contributed by atoms with Crippen LogP contribution in [0.5, 0.6) is 11.5 Å². The zero-order valence-corrected chi connectivity index (χ0v) is 18.1. The van der Waals surface area contributed by atoms with Crippen molar-refractivity contribution in [3.63, 3.8) is 0 Å². The molecule has 0 radical (unpaired) electrons. The Morgan fingerprint density at radius 1 is 0.935 bits per heavy atom. The Morgan fingerprint density at radius 3 is 2.35 bits per heavy atom. The predicted molar refractivity (Wildman–Crippen MR) is 120 cm³/mol. The average molecular weight is 437 g/mol. The number of hydrogen-bond donors (Lipinski definition) is 0. The molecule has 31 heavy (non-hydrogen) atoms. The fourth-order valence-corrected chi connectivity index (χ4v) is 3.64. The fourth-order valence-electron chi connectivity index (χ4n) is 3.52. The van der Waals surface area contributed by atoms with E-state index < -0.39 is 5.97 Å². The van der Waals surface area contributed by atoms with E-state index in [9.17, 15) is 4.79 Å². The lowest BCUT2D eigenvalue weighted by molar-refractivity contribution is 0.0601. The summed E-state index contributed by atoms with van der Waals surface area (Å²) in [5.74, 6) is 1.70. The maximum atomic E-state index is 12.0. The molecule has 0 atom stereocenters. The highest BCUT2D eigenvalue weighted by atomic mass is 35.5. The third-order valence-electron chi connectivity index (χ3n) is 5.06. The van der Waals surface area contributed by atoms with Gasteiger partial charge in [0.05, 0.1) is 37.9 Å². The topological polar surface area (TPSA) is 62.6 Å². The molecule has 4 rings (SSSR count). The first-order valence-corrected chi connectivity index (χ1v) is 9.97. The number of esters is 1. The van der Waals surface area contributed by atoms with E-state index >= 15 is 0 Å². The number of hydrogen-bond acceptors (Lipinski definition) is 5. The van der Waals surface area contributed by atoms with Crippen LogP contribution in [0, 0.1) is 0 Å². The molecule has 4 aromatic rings. The molecule has 0 unspecified atom stereocenters. The first-order valence-electron chi connectivity index (χ1n) is 9.59. The number of ether oxygens (including phenoxy) is 3. The van der Waals surface area contributed by atoms with Gasteiger partial charge in [-0.3, -0.25) is 0 Å².